The number of aryl methyl sites for hydroxylation is 2. The van der Waals surface area contributed by atoms with E-state index in [1.165, 1.54) is 33.5 Å². The SMILES string of the molecule is CC[C@H](Oc1cc(C)cc(C)c1)C(=O)Nc1cc(OC)c(OC)cc1C(=O)OC. The van der Waals surface area contributed by atoms with Crippen LogP contribution in [0.1, 0.15) is 34.8 Å². The summed E-state index contributed by atoms with van der Waals surface area (Å²) in [5.74, 6) is 0.349. The van der Waals surface area contributed by atoms with E-state index in [9.17, 15) is 9.59 Å². The van der Waals surface area contributed by atoms with Gasteiger partial charge < -0.3 is 24.3 Å². The van der Waals surface area contributed by atoms with Gasteiger partial charge in [0, 0.05) is 12.1 Å². The lowest BCUT2D eigenvalue weighted by molar-refractivity contribution is -0.122. The predicted molar refractivity (Wildman–Crippen MR) is 110 cm³/mol. The molecule has 2 rings (SSSR count). The lowest BCUT2D eigenvalue weighted by atomic mass is 10.1. The first-order valence-corrected chi connectivity index (χ1v) is 9.23. The number of carbonyl (C=O) groups excluding carboxylic acids is 2. The molecule has 0 bridgehead atoms. The Morgan fingerprint density at radius 2 is 1.52 bits per heavy atom. The quantitative estimate of drug-likeness (QED) is 0.676. The molecule has 0 aliphatic carbocycles. The number of hydrogen-bond acceptors (Lipinski definition) is 6. The van der Waals surface area contributed by atoms with E-state index in [1.807, 2.05) is 39.0 Å². The van der Waals surface area contributed by atoms with E-state index in [1.54, 1.807) is 0 Å². The van der Waals surface area contributed by atoms with Gasteiger partial charge in [-0.2, -0.15) is 0 Å². The van der Waals surface area contributed by atoms with Crippen molar-refractivity contribution < 1.29 is 28.5 Å². The van der Waals surface area contributed by atoms with Gasteiger partial charge in [-0.15, -0.1) is 0 Å². The van der Waals surface area contributed by atoms with Crippen LogP contribution in [0.5, 0.6) is 17.2 Å². The van der Waals surface area contributed by atoms with Crippen molar-refractivity contribution >= 4 is 17.6 Å². The molecule has 1 amide bonds. The summed E-state index contributed by atoms with van der Waals surface area (Å²) in [4.78, 5) is 25.1. The first-order chi connectivity index (χ1) is 13.8. The van der Waals surface area contributed by atoms with Crippen LogP contribution in [-0.4, -0.2) is 39.3 Å². The fraction of sp³-hybridized carbons (Fsp3) is 0.364. The van der Waals surface area contributed by atoms with Crippen LogP contribution in [0.2, 0.25) is 0 Å². The predicted octanol–water partition coefficient (Wildman–Crippen LogP) is 3.90. The second-order valence-corrected chi connectivity index (χ2v) is 6.57. The average molecular weight is 401 g/mol. The van der Waals surface area contributed by atoms with E-state index >= 15 is 0 Å². The molecule has 0 aliphatic rings. The molecule has 0 aliphatic heterocycles. The van der Waals surface area contributed by atoms with E-state index in [0.717, 1.165) is 11.1 Å². The average Bonchev–Trinajstić information content (AvgIpc) is 2.70. The third kappa shape index (κ3) is 5.40. The summed E-state index contributed by atoms with van der Waals surface area (Å²) in [6, 6.07) is 8.76. The molecule has 2 aromatic carbocycles. The van der Waals surface area contributed by atoms with Gasteiger partial charge in [0.1, 0.15) is 5.75 Å². The van der Waals surface area contributed by atoms with Crippen molar-refractivity contribution in [2.24, 2.45) is 0 Å². The summed E-state index contributed by atoms with van der Waals surface area (Å²) in [6.45, 7) is 5.78. The number of rotatable bonds is 8. The molecular weight excluding hydrogens is 374 g/mol. The molecular formula is C22H27NO6. The lowest BCUT2D eigenvalue weighted by Crippen LogP contribution is -2.33. The van der Waals surface area contributed by atoms with Crippen LogP contribution in [-0.2, 0) is 9.53 Å². The van der Waals surface area contributed by atoms with Gasteiger partial charge in [0.25, 0.3) is 5.91 Å². The second-order valence-electron chi connectivity index (χ2n) is 6.57. The summed E-state index contributed by atoms with van der Waals surface area (Å²) in [5.41, 5.74) is 2.49. The molecule has 0 unspecified atom stereocenters. The number of hydrogen-bond donors (Lipinski definition) is 1. The normalized spacial score (nSPS) is 11.4. The molecule has 0 radical (unpaired) electrons. The Hall–Kier alpha value is -3.22. The van der Waals surface area contributed by atoms with Crippen LogP contribution in [0, 0.1) is 13.8 Å². The Balaban J connectivity index is 2.32. The highest BCUT2D eigenvalue weighted by atomic mass is 16.5. The minimum absolute atomic E-state index is 0.153. The van der Waals surface area contributed by atoms with Crippen LogP contribution in [0.25, 0.3) is 0 Å². The molecule has 2 aromatic rings. The van der Waals surface area contributed by atoms with Gasteiger partial charge in [0.05, 0.1) is 32.6 Å². The molecule has 0 aromatic heterocycles. The maximum Gasteiger partial charge on any atom is 0.340 e. The molecule has 7 heteroatoms. The maximum atomic E-state index is 12.9. The molecule has 7 nitrogen and oxygen atoms in total. The Kier molecular flexibility index (Phi) is 7.47. The highest BCUT2D eigenvalue weighted by molar-refractivity contribution is 6.03. The van der Waals surface area contributed by atoms with E-state index in [2.05, 4.69) is 5.32 Å². The highest BCUT2D eigenvalue weighted by Crippen LogP contribution is 2.34. The number of benzene rings is 2. The standard InChI is InChI=1S/C22H27NO6/c1-7-18(29-15-9-13(2)8-14(3)10-15)21(24)23-17-12-20(27-5)19(26-4)11-16(17)22(25)28-6/h8-12,18H,7H2,1-6H3,(H,23,24)/t18-/m0/s1. The number of amides is 1. The van der Waals surface area contributed by atoms with Gasteiger partial charge in [-0.1, -0.05) is 13.0 Å². The van der Waals surface area contributed by atoms with E-state index < -0.39 is 12.1 Å². The highest BCUT2D eigenvalue weighted by Gasteiger charge is 2.23. The summed E-state index contributed by atoms with van der Waals surface area (Å²) in [5, 5.41) is 2.75. The van der Waals surface area contributed by atoms with Gasteiger partial charge >= 0.3 is 5.97 Å². The molecule has 156 valence electrons. The van der Waals surface area contributed by atoms with Crippen molar-refractivity contribution in [3.63, 3.8) is 0 Å². The van der Waals surface area contributed by atoms with Crippen LogP contribution < -0.4 is 19.5 Å². The van der Waals surface area contributed by atoms with E-state index in [-0.39, 0.29) is 17.2 Å². The van der Waals surface area contributed by atoms with Crippen LogP contribution >= 0.6 is 0 Å². The monoisotopic (exact) mass is 401 g/mol. The third-order valence-electron chi connectivity index (χ3n) is 4.32. The van der Waals surface area contributed by atoms with Crippen LogP contribution in [0.3, 0.4) is 0 Å². The number of esters is 1. The van der Waals surface area contributed by atoms with Crippen LogP contribution in [0.4, 0.5) is 5.69 Å². The van der Waals surface area contributed by atoms with Gasteiger partial charge in [-0.3, -0.25) is 4.79 Å². The van der Waals surface area contributed by atoms with E-state index in [0.29, 0.717) is 23.7 Å². The largest absolute Gasteiger partial charge is 0.493 e. The number of methoxy groups -OCH3 is 3. The number of carbonyl (C=O) groups is 2. The lowest BCUT2D eigenvalue weighted by Gasteiger charge is -2.20. The summed E-state index contributed by atoms with van der Waals surface area (Å²) < 4.78 is 21.2. The minimum atomic E-state index is -0.741. The fourth-order valence-electron chi connectivity index (χ4n) is 2.96. The molecule has 0 saturated carbocycles. The Morgan fingerprint density at radius 3 is 2.03 bits per heavy atom. The Labute approximate surface area is 170 Å². The Bertz CT molecular complexity index is 873. The van der Waals surface area contributed by atoms with Crippen molar-refractivity contribution in [3.8, 4) is 17.2 Å². The van der Waals surface area contributed by atoms with Gasteiger partial charge in [-0.25, -0.2) is 4.79 Å². The van der Waals surface area contributed by atoms with Crippen molar-refractivity contribution in [3.05, 3.63) is 47.0 Å². The first-order valence-electron chi connectivity index (χ1n) is 9.23. The molecule has 0 heterocycles. The first kappa shape index (κ1) is 22.1. The van der Waals surface area contributed by atoms with Gasteiger partial charge in [0.15, 0.2) is 17.6 Å². The molecule has 1 N–H and O–H groups in total. The summed E-state index contributed by atoms with van der Waals surface area (Å²) in [6.07, 6.45) is -0.297. The molecule has 29 heavy (non-hydrogen) atoms. The number of ether oxygens (including phenoxy) is 4. The molecule has 0 spiro atoms. The van der Waals surface area contributed by atoms with Crippen molar-refractivity contribution in [1.29, 1.82) is 0 Å². The van der Waals surface area contributed by atoms with Crippen molar-refractivity contribution in [2.75, 3.05) is 26.6 Å². The zero-order chi connectivity index (χ0) is 21.6. The van der Waals surface area contributed by atoms with Crippen LogP contribution in [0.15, 0.2) is 30.3 Å². The maximum absolute atomic E-state index is 12.9. The zero-order valence-corrected chi connectivity index (χ0v) is 17.6. The fourth-order valence-corrected chi connectivity index (χ4v) is 2.96. The van der Waals surface area contributed by atoms with Crippen molar-refractivity contribution in [1.82, 2.24) is 0 Å². The zero-order valence-electron chi connectivity index (χ0n) is 17.6. The molecule has 0 fully saturated rings. The third-order valence-corrected chi connectivity index (χ3v) is 4.32. The topological polar surface area (TPSA) is 83.1 Å². The Morgan fingerprint density at radius 1 is 0.931 bits per heavy atom. The van der Waals surface area contributed by atoms with Gasteiger partial charge in [0.2, 0.25) is 0 Å². The number of nitrogens with one attached hydrogen (secondary N) is 1. The number of anilines is 1. The van der Waals surface area contributed by atoms with E-state index in [4.69, 9.17) is 18.9 Å². The van der Waals surface area contributed by atoms with Gasteiger partial charge in [-0.05, 0) is 43.5 Å². The minimum Gasteiger partial charge on any atom is -0.493 e. The smallest absolute Gasteiger partial charge is 0.340 e. The molecule has 0 saturated heterocycles. The van der Waals surface area contributed by atoms with Crippen molar-refractivity contribution in [2.45, 2.75) is 33.3 Å². The second kappa shape index (κ2) is 9.82. The molecule has 1 atom stereocenters. The summed E-state index contributed by atoms with van der Waals surface area (Å²) in [7, 11) is 4.20. The summed E-state index contributed by atoms with van der Waals surface area (Å²) >= 11 is 0.